The summed E-state index contributed by atoms with van der Waals surface area (Å²) in [7, 11) is 1.58. The average molecular weight is 448 g/mol. The summed E-state index contributed by atoms with van der Waals surface area (Å²) in [4.78, 5) is 33.3. The first kappa shape index (κ1) is 23.8. The molecule has 2 unspecified atom stereocenters. The van der Waals surface area contributed by atoms with Gasteiger partial charge in [-0.15, -0.1) is 0 Å². The summed E-state index contributed by atoms with van der Waals surface area (Å²) >= 11 is 0. The minimum atomic E-state index is -0.731. The number of amides is 1. The number of methoxy groups -OCH3 is 1. The molecule has 2 atom stereocenters. The number of Topliss-reactive ketones (excluding diaryl/α,β-unsaturated/α-hetero) is 1. The number of hydrogen-bond donors (Lipinski definition) is 3. The van der Waals surface area contributed by atoms with E-state index in [0.717, 1.165) is 16.5 Å². The molecule has 33 heavy (non-hydrogen) atoms. The number of H-pyrrole nitrogens is 1. The number of aromatic amines is 1. The van der Waals surface area contributed by atoms with Crippen LogP contribution in [0.5, 0.6) is 5.75 Å². The molecule has 8 heteroatoms. The van der Waals surface area contributed by atoms with Gasteiger partial charge >= 0.3 is 0 Å². The molecule has 1 amide bonds. The van der Waals surface area contributed by atoms with Crippen molar-refractivity contribution < 1.29 is 14.3 Å². The molecular weight excluding hydrogens is 418 g/mol. The number of ether oxygens (including phenoxy) is 1. The van der Waals surface area contributed by atoms with Crippen LogP contribution >= 0.6 is 0 Å². The van der Waals surface area contributed by atoms with Crippen molar-refractivity contribution in [2.45, 2.75) is 39.2 Å². The summed E-state index contributed by atoms with van der Waals surface area (Å²) < 4.78 is 5.37. The molecule has 0 saturated heterocycles. The van der Waals surface area contributed by atoms with Gasteiger partial charge < -0.3 is 20.8 Å². The van der Waals surface area contributed by atoms with Crippen LogP contribution in [0.25, 0.3) is 10.9 Å². The fourth-order valence-electron chi connectivity index (χ4n) is 3.85. The molecular formula is C25H29N5O3. The van der Waals surface area contributed by atoms with Gasteiger partial charge in [0.1, 0.15) is 17.6 Å². The fourth-order valence-corrected chi connectivity index (χ4v) is 3.85. The number of nitriles is 1. The second-order valence-corrected chi connectivity index (χ2v) is 8.54. The molecule has 0 radical (unpaired) electrons. The first-order valence-electron chi connectivity index (χ1n) is 10.9. The first-order valence-corrected chi connectivity index (χ1v) is 10.9. The molecule has 0 aliphatic rings. The highest BCUT2D eigenvalue weighted by Gasteiger charge is 2.26. The topological polar surface area (TPSA) is 134 Å². The van der Waals surface area contributed by atoms with Crippen LogP contribution in [-0.4, -0.2) is 34.8 Å². The number of hydrogen-bond acceptors (Lipinski definition) is 6. The average Bonchev–Trinajstić information content (AvgIpc) is 3.24. The Morgan fingerprint density at radius 2 is 2.06 bits per heavy atom. The predicted molar refractivity (Wildman–Crippen MR) is 127 cm³/mol. The van der Waals surface area contributed by atoms with Crippen molar-refractivity contribution >= 4 is 28.4 Å². The monoisotopic (exact) mass is 447 g/mol. The molecule has 0 saturated carbocycles. The number of pyridine rings is 1. The lowest BCUT2D eigenvalue weighted by molar-refractivity contribution is -0.125. The van der Waals surface area contributed by atoms with Gasteiger partial charge in [0, 0.05) is 35.9 Å². The summed E-state index contributed by atoms with van der Waals surface area (Å²) in [5.74, 6) is 0.255. The van der Waals surface area contributed by atoms with Crippen molar-refractivity contribution in [3.05, 3.63) is 53.9 Å². The summed E-state index contributed by atoms with van der Waals surface area (Å²) in [5, 5.41) is 13.2. The van der Waals surface area contributed by atoms with Crippen LogP contribution in [0.15, 0.2) is 42.6 Å². The number of nitrogen functional groups attached to an aromatic ring is 1. The predicted octanol–water partition coefficient (Wildman–Crippen LogP) is 3.64. The van der Waals surface area contributed by atoms with E-state index in [-0.39, 0.29) is 24.0 Å². The molecule has 1 aromatic carbocycles. The maximum absolute atomic E-state index is 13.1. The first-order chi connectivity index (χ1) is 15.8. The van der Waals surface area contributed by atoms with E-state index in [1.165, 1.54) is 0 Å². The molecule has 0 fully saturated rings. The molecule has 4 N–H and O–H groups in total. The quantitative estimate of drug-likeness (QED) is 0.406. The standard InChI is InChI=1S/C25H29N5O3/c1-15(2)9-17(25(32)29-18(13-26)10-16-7-8-24(27)28-14-16)11-22(31)21-12-19-20(30-21)5-4-6-23(19)33-3/h4-8,12,14-15,17-18,30H,9-11H2,1-3H3,(H2,27,28)(H,29,32). The third kappa shape index (κ3) is 6.10. The van der Waals surface area contributed by atoms with E-state index >= 15 is 0 Å². The Hall–Kier alpha value is -3.86. The van der Waals surface area contributed by atoms with Crippen LogP contribution in [0.3, 0.4) is 0 Å². The Bertz CT molecular complexity index is 1160. The zero-order valence-corrected chi connectivity index (χ0v) is 19.1. The van der Waals surface area contributed by atoms with Gasteiger partial charge in [0.15, 0.2) is 5.78 Å². The van der Waals surface area contributed by atoms with Crippen LogP contribution in [0.1, 0.15) is 42.7 Å². The van der Waals surface area contributed by atoms with Gasteiger partial charge in [-0.05, 0) is 42.2 Å². The highest BCUT2D eigenvalue weighted by Crippen LogP contribution is 2.27. The number of nitrogens with zero attached hydrogens (tertiary/aromatic N) is 2. The van der Waals surface area contributed by atoms with Crippen molar-refractivity contribution in [3.63, 3.8) is 0 Å². The van der Waals surface area contributed by atoms with Crippen molar-refractivity contribution in [1.82, 2.24) is 15.3 Å². The number of carbonyl (C=O) groups excluding carboxylic acids is 2. The Kier molecular flexibility index (Phi) is 7.67. The van der Waals surface area contributed by atoms with Gasteiger partial charge in [0.2, 0.25) is 5.91 Å². The van der Waals surface area contributed by atoms with E-state index in [4.69, 9.17) is 10.5 Å². The number of carbonyl (C=O) groups is 2. The number of nitrogens with one attached hydrogen (secondary N) is 2. The van der Waals surface area contributed by atoms with Gasteiger partial charge in [-0.1, -0.05) is 26.0 Å². The van der Waals surface area contributed by atoms with Gasteiger partial charge in [-0.25, -0.2) is 4.98 Å². The summed E-state index contributed by atoms with van der Waals surface area (Å²) in [6, 6.07) is 12.1. The maximum Gasteiger partial charge on any atom is 0.224 e. The lowest BCUT2D eigenvalue weighted by Crippen LogP contribution is -2.40. The molecule has 0 spiro atoms. The van der Waals surface area contributed by atoms with Gasteiger partial charge in [0.25, 0.3) is 0 Å². The molecule has 3 aromatic rings. The fraction of sp³-hybridized carbons (Fsp3) is 0.360. The molecule has 2 heterocycles. The van der Waals surface area contributed by atoms with Gasteiger partial charge in [-0.3, -0.25) is 9.59 Å². The van der Waals surface area contributed by atoms with E-state index in [1.807, 2.05) is 32.0 Å². The normalized spacial score (nSPS) is 12.8. The number of nitrogens with two attached hydrogens (primary N) is 1. The molecule has 0 aliphatic carbocycles. The summed E-state index contributed by atoms with van der Waals surface area (Å²) in [5.41, 5.74) is 7.62. The van der Waals surface area contributed by atoms with Gasteiger partial charge in [-0.2, -0.15) is 5.26 Å². The highest BCUT2D eigenvalue weighted by molar-refractivity contribution is 6.02. The molecule has 172 valence electrons. The highest BCUT2D eigenvalue weighted by atomic mass is 16.5. The van der Waals surface area contributed by atoms with E-state index in [2.05, 4.69) is 21.4 Å². The largest absolute Gasteiger partial charge is 0.496 e. The minimum Gasteiger partial charge on any atom is -0.496 e. The molecule has 8 nitrogen and oxygen atoms in total. The number of anilines is 1. The lowest BCUT2D eigenvalue weighted by atomic mass is 9.90. The SMILES string of the molecule is COc1cccc2[nH]c(C(=O)CC(CC(C)C)C(=O)NC(C#N)Cc3ccc(N)nc3)cc12. The third-order valence-corrected chi connectivity index (χ3v) is 5.46. The van der Waals surface area contributed by atoms with Crippen molar-refractivity contribution in [2.75, 3.05) is 12.8 Å². The Morgan fingerprint density at radius 1 is 1.27 bits per heavy atom. The van der Waals surface area contributed by atoms with E-state index in [1.54, 1.807) is 31.5 Å². The van der Waals surface area contributed by atoms with E-state index in [0.29, 0.717) is 30.1 Å². The zero-order valence-electron chi connectivity index (χ0n) is 19.1. The number of fused-ring (bicyclic) bond motifs is 1. The van der Waals surface area contributed by atoms with Crippen molar-refractivity contribution in [1.29, 1.82) is 5.26 Å². The van der Waals surface area contributed by atoms with Gasteiger partial charge in [0.05, 0.1) is 18.9 Å². The van der Waals surface area contributed by atoms with Crippen LogP contribution in [-0.2, 0) is 11.2 Å². The molecule has 0 bridgehead atoms. The van der Waals surface area contributed by atoms with Crippen molar-refractivity contribution in [2.24, 2.45) is 11.8 Å². The molecule has 2 aromatic heterocycles. The molecule has 3 rings (SSSR count). The number of rotatable bonds is 10. The van der Waals surface area contributed by atoms with Crippen LogP contribution in [0, 0.1) is 23.2 Å². The Morgan fingerprint density at radius 3 is 2.70 bits per heavy atom. The van der Waals surface area contributed by atoms with Crippen LogP contribution in [0.4, 0.5) is 5.82 Å². The Labute approximate surface area is 193 Å². The third-order valence-electron chi connectivity index (χ3n) is 5.46. The van der Waals surface area contributed by atoms with Crippen LogP contribution in [0.2, 0.25) is 0 Å². The summed E-state index contributed by atoms with van der Waals surface area (Å²) in [6.45, 7) is 4.00. The second kappa shape index (κ2) is 10.6. The van der Waals surface area contributed by atoms with E-state index in [9.17, 15) is 14.9 Å². The maximum atomic E-state index is 13.1. The molecule has 0 aliphatic heterocycles. The smallest absolute Gasteiger partial charge is 0.224 e. The van der Waals surface area contributed by atoms with Crippen LogP contribution < -0.4 is 15.8 Å². The van der Waals surface area contributed by atoms with Crippen molar-refractivity contribution in [3.8, 4) is 11.8 Å². The minimum absolute atomic E-state index is 0.0424. The second-order valence-electron chi connectivity index (χ2n) is 8.54. The number of benzene rings is 1. The lowest BCUT2D eigenvalue weighted by Gasteiger charge is -2.20. The zero-order chi connectivity index (χ0) is 24.0. The van der Waals surface area contributed by atoms with E-state index < -0.39 is 12.0 Å². The summed E-state index contributed by atoms with van der Waals surface area (Å²) in [6.07, 6.45) is 2.47. The Balaban J connectivity index is 1.73. The number of ketones is 1. The number of aromatic nitrogens is 2.